The van der Waals surface area contributed by atoms with Gasteiger partial charge in [-0.15, -0.1) is 0 Å². The summed E-state index contributed by atoms with van der Waals surface area (Å²) in [5, 5.41) is 3.16. The Hall–Kier alpha value is -2.79. The summed E-state index contributed by atoms with van der Waals surface area (Å²) in [6, 6.07) is 22.8. The van der Waals surface area contributed by atoms with E-state index in [1.807, 2.05) is 66.7 Å². The van der Waals surface area contributed by atoms with Crippen LogP contribution in [0.5, 0.6) is 11.5 Å². The average Bonchev–Trinajstić information content (AvgIpc) is 2.74. The van der Waals surface area contributed by atoms with Gasteiger partial charge in [-0.3, -0.25) is 4.79 Å². The van der Waals surface area contributed by atoms with Gasteiger partial charge in [-0.2, -0.15) is 0 Å². The van der Waals surface area contributed by atoms with E-state index in [4.69, 9.17) is 9.47 Å². The molecule has 0 aromatic heterocycles. The van der Waals surface area contributed by atoms with Crippen LogP contribution in [0.15, 0.2) is 77.3 Å². The van der Waals surface area contributed by atoms with Crippen molar-refractivity contribution in [1.29, 1.82) is 0 Å². The molecule has 0 aliphatic rings. The molecule has 0 spiro atoms. The molecule has 3 rings (SSSR count). The topological polar surface area (TPSA) is 47.6 Å². The summed E-state index contributed by atoms with van der Waals surface area (Å²) < 4.78 is 11.4. The summed E-state index contributed by atoms with van der Waals surface area (Å²) in [7, 11) is 3.28. The maximum Gasteiger partial charge on any atom is 0.251 e. The Morgan fingerprint density at radius 1 is 0.929 bits per heavy atom. The number of carbonyl (C=O) groups excluding carboxylic acids is 1. The summed E-state index contributed by atoms with van der Waals surface area (Å²) >= 11 is 3.42. The second kappa shape index (κ2) is 9.42. The lowest BCUT2D eigenvalue weighted by molar-refractivity contribution is 0.0936. The summed E-state index contributed by atoms with van der Waals surface area (Å²) in [5.41, 5.74) is 2.73. The number of benzene rings is 3. The molecule has 3 aromatic rings. The van der Waals surface area contributed by atoms with E-state index < -0.39 is 0 Å². The maximum atomic E-state index is 12.8. The Labute approximate surface area is 173 Å². The lowest BCUT2D eigenvalue weighted by Gasteiger charge is -2.20. The molecule has 4 nitrogen and oxygen atoms in total. The van der Waals surface area contributed by atoms with Crippen molar-refractivity contribution in [2.24, 2.45) is 0 Å². The van der Waals surface area contributed by atoms with Crippen LogP contribution >= 0.6 is 15.9 Å². The number of nitrogens with one attached hydrogen (secondary N) is 1. The molecule has 0 radical (unpaired) electrons. The fourth-order valence-electron chi connectivity index (χ4n) is 2.96. The number of amides is 1. The van der Waals surface area contributed by atoms with Gasteiger partial charge in [0.05, 0.1) is 20.3 Å². The van der Waals surface area contributed by atoms with Crippen LogP contribution in [0.3, 0.4) is 0 Å². The Morgan fingerprint density at radius 3 is 2.11 bits per heavy atom. The van der Waals surface area contributed by atoms with E-state index in [9.17, 15) is 4.79 Å². The molecule has 1 atom stereocenters. The van der Waals surface area contributed by atoms with Crippen molar-refractivity contribution >= 4 is 21.8 Å². The van der Waals surface area contributed by atoms with Crippen molar-refractivity contribution in [3.8, 4) is 11.5 Å². The SMILES string of the molecule is COc1ccc(CC(NC(=O)c2cccc(Br)c2)c2ccc(OC)cc2)cc1. The second-order valence-corrected chi connectivity index (χ2v) is 7.28. The van der Waals surface area contributed by atoms with Crippen molar-refractivity contribution in [2.75, 3.05) is 14.2 Å². The van der Waals surface area contributed by atoms with Crippen molar-refractivity contribution in [3.05, 3.63) is 94.0 Å². The third-order valence-corrected chi connectivity index (χ3v) is 5.00. The van der Waals surface area contributed by atoms with E-state index in [2.05, 4.69) is 21.2 Å². The Kier molecular flexibility index (Phi) is 6.71. The number of methoxy groups -OCH3 is 2. The zero-order valence-corrected chi connectivity index (χ0v) is 17.4. The maximum absolute atomic E-state index is 12.8. The summed E-state index contributed by atoms with van der Waals surface area (Å²) in [6.07, 6.45) is 0.663. The standard InChI is InChI=1S/C23H22BrNO3/c1-27-20-10-6-16(7-11-20)14-22(17-8-12-21(28-2)13-9-17)25-23(26)18-4-3-5-19(24)15-18/h3-13,15,22H,14H2,1-2H3,(H,25,26). The molecule has 1 amide bonds. The van der Waals surface area contributed by atoms with Crippen LogP contribution in [0.2, 0.25) is 0 Å². The lowest BCUT2D eigenvalue weighted by atomic mass is 9.98. The highest BCUT2D eigenvalue weighted by atomic mass is 79.9. The van der Waals surface area contributed by atoms with E-state index in [1.165, 1.54) is 0 Å². The lowest BCUT2D eigenvalue weighted by Crippen LogP contribution is -2.30. The van der Waals surface area contributed by atoms with Crippen LogP contribution in [-0.2, 0) is 6.42 Å². The average molecular weight is 440 g/mol. The first-order valence-electron chi connectivity index (χ1n) is 8.92. The highest BCUT2D eigenvalue weighted by Crippen LogP contribution is 2.23. The van der Waals surface area contributed by atoms with Gasteiger partial charge in [-0.05, 0) is 60.0 Å². The number of ether oxygens (including phenoxy) is 2. The van der Waals surface area contributed by atoms with Crippen molar-refractivity contribution < 1.29 is 14.3 Å². The molecule has 0 fully saturated rings. The molecule has 0 saturated carbocycles. The Morgan fingerprint density at radius 2 is 1.54 bits per heavy atom. The number of carbonyl (C=O) groups is 1. The fourth-order valence-corrected chi connectivity index (χ4v) is 3.36. The van der Waals surface area contributed by atoms with Crippen molar-refractivity contribution in [3.63, 3.8) is 0 Å². The zero-order valence-electron chi connectivity index (χ0n) is 15.8. The first-order chi connectivity index (χ1) is 13.6. The smallest absolute Gasteiger partial charge is 0.251 e. The van der Waals surface area contributed by atoms with Gasteiger partial charge >= 0.3 is 0 Å². The molecular formula is C23H22BrNO3. The van der Waals surface area contributed by atoms with Gasteiger partial charge in [0, 0.05) is 10.0 Å². The molecule has 1 N–H and O–H groups in total. The van der Waals surface area contributed by atoms with Gasteiger partial charge in [0.25, 0.3) is 5.91 Å². The first-order valence-corrected chi connectivity index (χ1v) is 9.71. The van der Waals surface area contributed by atoms with Gasteiger partial charge in [-0.1, -0.05) is 46.3 Å². The molecule has 28 heavy (non-hydrogen) atoms. The highest BCUT2D eigenvalue weighted by Gasteiger charge is 2.17. The van der Waals surface area contributed by atoms with Crippen LogP contribution in [0.4, 0.5) is 0 Å². The van der Waals surface area contributed by atoms with E-state index in [0.29, 0.717) is 12.0 Å². The van der Waals surface area contributed by atoms with Gasteiger partial charge in [0.15, 0.2) is 0 Å². The van der Waals surface area contributed by atoms with Crippen LogP contribution in [0.25, 0.3) is 0 Å². The Bertz CT molecular complexity index is 923. The Balaban J connectivity index is 1.85. The molecular weight excluding hydrogens is 418 g/mol. The number of rotatable bonds is 7. The van der Waals surface area contributed by atoms with Crippen molar-refractivity contribution in [2.45, 2.75) is 12.5 Å². The molecule has 0 aliphatic heterocycles. The van der Waals surface area contributed by atoms with E-state index in [-0.39, 0.29) is 11.9 Å². The second-order valence-electron chi connectivity index (χ2n) is 6.36. The summed E-state index contributed by atoms with van der Waals surface area (Å²) in [4.78, 5) is 12.8. The van der Waals surface area contributed by atoms with Gasteiger partial charge in [-0.25, -0.2) is 0 Å². The van der Waals surface area contributed by atoms with Crippen LogP contribution in [0.1, 0.15) is 27.5 Å². The minimum atomic E-state index is -0.175. The fraction of sp³-hybridized carbons (Fsp3) is 0.174. The van der Waals surface area contributed by atoms with Crippen LogP contribution < -0.4 is 14.8 Å². The van der Waals surface area contributed by atoms with E-state index >= 15 is 0 Å². The largest absolute Gasteiger partial charge is 0.497 e. The zero-order chi connectivity index (χ0) is 19.9. The third-order valence-electron chi connectivity index (χ3n) is 4.51. The van der Waals surface area contributed by atoms with Gasteiger partial charge in [0.1, 0.15) is 11.5 Å². The van der Waals surface area contributed by atoms with Crippen LogP contribution in [0, 0.1) is 0 Å². The number of hydrogen-bond donors (Lipinski definition) is 1. The van der Waals surface area contributed by atoms with Crippen LogP contribution in [-0.4, -0.2) is 20.1 Å². The molecule has 144 valence electrons. The van der Waals surface area contributed by atoms with E-state index in [0.717, 1.165) is 27.1 Å². The predicted octanol–water partition coefficient (Wildman–Crippen LogP) is 5.18. The number of hydrogen-bond acceptors (Lipinski definition) is 3. The molecule has 3 aromatic carbocycles. The minimum Gasteiger partial charge on any atom is -0.497 e. The predicted molar refractivity (Wildman–Crippen MR) is 114 cm³/mol. The first kappa shape index (κ1) is 20.0. The normalized spacial score (nSPS) is 11.5. The molecule has 0 saturated heterocycles. The highest BCUT2D eigenvalue weighted by molar-refractivity contribution is 9.10. The molecule has 0 heterocycles. The van der Waals surface area contributed by atoms with E-state index in [1.54, 1.807) is 20.3 Å². The van der Waals surface area contributed by atoms with Gasteiger partial charge < -0.3 is 14.8 Å². The third kappa shape index (κ3) is 5.14. The van der Waals surface area contributed by atoms with Crippen molar-refractivity contribution in [1.82, 2.24) is 5.32 Å². The quantitative estimate of drug-likeness (QED) is 0.551. The number of halogens is 1. The monoisotopic (exact) mass is 439 g/mol. The summed E-state index contributed by atoms with van der Waals surface area (Å²) in [6.45, 7) is 0. The molecule has 0 aliphatic carbocycles. The summed E-state index contributed by atoms with van der Waals surface area (Å²) in [5.74, 6) is 1.48. The molecule has 0 bridgehead atoms. The van der Waals surface area contributed by atoms with Gasteiger partial charge in [0.2, 0.25) is 0 Å². The minimum absolute atomic E-state index is 0.115. The molecule has 1 unspecified atom stereocenters. The molecule has 5 heteroatoms.